The highest BCUT2D eigenvalue weighted by Crippen LogP contribution is 2.32. The molecule has 1 aliphatic heterocycles. The van der Waals surface area contributed by atoms with E-state index in [0.29, 0.717) is 5.56 Å². The molecule has 0 aliphatic carbocycles. The maximum absolute atomic E-state index is 13.2. The van der Waals surface area contributed by atoms with Crippen LogP contribution in [-0.4, -0.2) is 44.2 Å². The van der Waals surface area contributed by atoms with Crippen molar-refractivity contribution in [2.75, 3.05) is 48.4 Å². The molecule has 0 radical (unpaired) electrons. The zero-order valence-corrected chi connectivity index (χ0v) is 21.4. The van der Waals surface area contributed by atoms with Crippen LogP contribution in [0, 0.1) is 6.92 Å². The molecule has 1 aliphatic rings. The molecule has 6 nitrogen and oxygen atoms in total. The summed E-state index contributed by atoms with van der Waals surface area (Å²) < 4.78 is 6.53. The van der Waals surface area contributed by atoms with Gasteiger partial charge in [0.25, 0.3) is 5.91 Å². The number of aromatic nitrogens is 1. The highest BCUT2D eigenvalue weighted by Gasteiger charge is 2.23. The third kappa shape index (κ3) is 4.68. The molecule has 7 heteroatoms. The second-order valence-electron chi connectivity index (χ2n) is 8.60. The minimum absolute atomic E-state index is 0.160. The number of hydrogen-bond donors (Lipinski definition) is 1. The van der Waals surface area contributed by atoms with Gasteiger partial charge in [-0.1, -0.05) is 52.3 Å². The van der Waals surface area contributed by atoms with E-state index >= 15 is 0 Å². The van der Waals surface area contributed by atoms with Gasteiger partial charge in [-0.15, -0.1) is 0 Å². The molecule has 5 rings (SSSR count). The van der Waals surface area contributed by atoms with Crippen molar-refractivity contribution >= 4 is 49.8 Å². The Kier molecular flexibility index (Phi) is 6.59. The first-order valence-electron chi connectivity index (χ1n) is 11.6. The Hall–Kier alpha value is -3.58. The van der Waals surface area contributed by atoms with Gasteiger partial charge < -0.3 is 19.9 Å². The Morgan fingerprint density at radius 1 is 0.943 bits per heavy atom. The predicted octanol–water partition coefficient (Wildman–Crippen LogP) is 5.89. The van der Waals surface area contributed by atoms with Crippen LogP contribution in [0.25, 0.3) is 10.8 Å². The summed E-state index contributed by atoms with van der Waals surface area (Å²) in [5.41, 5.74) is 3.47. The number of carbonyl (C=O) groups excluding carboxylic acids is 1. The van der Waals surface area contributed by atoms with E-state index in [4.69, 9.17) is 9.72 Å². The predicted molar refractivity (Wildman–Crippen MR) is 146 cm³/mol. The summed E-state index contributed by atoms with van der Waals surface area (Å²) in [6.07, 6.45) is 1.70. The molecule has 0 spiro atoms. The molecule has 0 atom stereocenters. The fourth-order valence-corrected chi connectivity index (χ4v) is 5.09. The third-order valence-electron chi connectivity index (χ3n) is 6.46. The Balaban J connectivity index is 1.39. The van der Waals surface area contributed by atoms with Crippen LogP contribution in [0.4, 0.5) is 17.2 Å². The number of methoxy groups -OCH3 is 1. The lowest BCUT2D eigenvalue weighted by Crippen LogP contribution is -2.47. The van der Waals surface area contributed by atoms with E-state index in [0.717, 1.165) is 69.9 Å². The Bertz CT molecular complexity index is 1380. The number of pyridine rings is 1. The minimum atomic E-state index is -0.160. The first kappa shape index (κ1) is 23.2. The number of carbonyl (C=O) groups is 1. The Labute approximate surface area is 213 Å². The Morgan fingerprint density at radius 2 is 1.63 bits per heavy atom. The lowest BCUT2D eigenvalue weighted by atomic mass is 10.1. The van der Waals surface area contributed by atoms with Gasteiger partial charge in [0.05, 0.1) is 18.4 Å². The molecule has 0 unspecified atom stereocenters. The van der Waals surface area contributed by atoms with Crippen LogP contribution in [0.3, 0.4) is 0 Å². The number of amides is 1. The van der Waals surface area contributed by atoms with Crippen molar-refractivity contribution < 1.29 is 9.53 Å². The average Bonchev–Trinajstić information content (AvgIpc) is 2.89. The fraction of sp³-hybridized carbons (Fsp3) is 0.214. The van der Waals surface area contributed by atoms with Crippen LogP contribution < -0.4 is 19.9 Å². The lowest BCUT2D eigenvalue weighted by molar-refractivity contribution is 0.102. The molecule has 1 aromatic heterocycles. The number of nitrogens with one attached hydrogen (secondary N) is 1. The van der Waals surface area contributed by atoms with Crippen LogP contribution >= 0.6 is 15.9 Å². The molecule has 1 saturated heterocycles. The van der Waals surface area contributed by atoms with Crippen molar-refractivity contribution in [3.63, 3.8) is 0 Å². The number of aryl methyl sites for hydroxylation is 1. The molecule has 35 heavy (non-hydrogen) atoms. The van der Waals surface area contributed by atoms with Crippen LogP contribution in [0.15, 0.2) is 77.4 Å². The smallest absolute Gasteiger partial charge is 0.257 e. The number of hydrogen-bond acceptors (Lipinski definition) is 5. The molecule has 1 amide bonds. The van der Waals surface area contributed by atoms with Crippen molar-refractivity contribution in [3.05, 3.63) is 88.5 Å². The molecule has 0 bridgehead atoms. The van der Waals surface area contributed by atoms with Gasteiger partial charge in [-0.3, -0.25) is 4.79 Å². The average molecular weight is 531 g/mol. The molecule has 1 N–H and O–H groups in total. The number of ether oxygens (including phenoxy) is 1. The molecule has 3 aromatic carbocycles. The molecule has 2 heterocycles. The number of piperazine rings is 1. The minimum Gasteiger partial charge on any atom is -0.495 e. The summed E-state index contributed by atoms with van der Waals surface area (Å²) in [5.74, 6) is 1.64. The number of benzene rings is 3. The van der Waals surface area contributed by atoms with Gasteiger partial charge in [-0.25, -0.2) is 4.98 Å². The summed E-state index contributed by atoms with van der Waals surface area (Å²) in [5, 5.41) is 4.93. The summed E-state index contributed by atoms with van der Waals surface area (Å²) in [6, 6.07) is 21.9. The molecular formula is C28H27BrN4O2. The number of anilines is 3. The maximum Gasteiger partial charge on any atom is 0.257 e. The summed E-state index contributed by atoms with van der Waals surface area (Å²) in [6.45, 7) is 5.37. The number of fused-ring (bicyclic) bond motifs is 1. The van der Waals surface area contributed by atoms with Crippen molar-refractivity contribution in [3.8, 4) is 5.75 Å². The number of halogens is 1. The second-order valence-corrected chi connectivity index (χ2v) is 9.52. The highest BCUT2D eigenvalue weighted by molar-refractivity contribution is 9.10. The van der Waals surface area contributed by atoms with Gasteiger partial charge in [-0.2, -0.15) is 0 Å². The van der Waals surface area contributed by atoms with Crippen molar-refractivity contribution in [2.24, 2.45) is 0 Å². The van der Waals surface area contributed by atoms with Gasteiger partial charge in [-0.05, 0) is 48.2 Å². The highest BCUT2D eigenvalue weighted by atomic mass is 79.9. The van der Waals surface area contributed by atoms with E-state index in [2.05, 4.69) is 37.1 Å². The SMILES string of the molecule is COc1ccccc1N1CCN(c2ncc(C(=O)Nc3ccc(Br)cc3C)c3ccccc23)CC1. The van der Waals surface area contributed by atoms with E-state index in [9.17, 15) is 4.79 Å². The molecule has 1 fully saturated rings. The molecular weight excluding hydrogens is 504 g/mol. The van der Waals surface area contributed by atoms with Gasteiger partial charge >= 0.3 is 0 Å². The van der Waals surface area contributed by atoms with E-state index in [1.165, 1.54) is 0 Å². The van der Waals surface area contributed by atoms with Crippen LogP contribution in [0.2, 0.25) is 0 Å². The number of para-hydroxylation sites is 2. The second kappa shape index (κ2) is 9.96. The summed E-state index contributed by atoms with van der Waals surface area (Å²) >= 11 is 3.47. The van der Waals surface area contributed by atoms with Gasteiger partial charge in [0.1, 0.15) is 11.6 Å². The normalized spacial score (nSPS) is 13.7. The van der Waals surface area contributed by atoms with E-state index in [1.807, 2.05) is 67.6 Å². The maximum atomic E-state index is 13.2. The molecule has 0 saturated carbocycles. The van der Waals surface area contributed by atoms with Gasteiger partial charge in [0, 0.05) is 47.9 Å². The fourth-order valence-electron chi connectivity index (χ4n) is 4.62. The van der Waals surface area contributed by atoms with E-state index < -0.39 is 0 Å². The van der Waals surface area contributed by atoms with Crippen LogP contribution in [-0.2, 0) is 0 Å². The topological polar surface area (TPSA) is 57.7 Å². The molecule has 4 aromatic rings. The largest absolute Gasteiger partial charge is 0.495 e. The van der Waals surface area contributed by atoms with Gasteiger partial charge in [0.2, 0.25) is 0 Å². The van der Waals surface area contributed by atoms with E-state index in [1.54, 1.807) is 13.3 Å². The van der Waals surface area contributed by atoms with Crippen molar-refractivity contribution in [1.29, 1.82) is 0 Å². The van der Waals surface area contributed by atoms with E-state index in [-0.39, 0.29) is 5.91 Å². The molecule has 178 valence electrons. The van der Waals surface area contributed by atoms with Crippen LogP contribution in [0.5, 0.6) is 5.75 Å². The standard InChI is InChI=1S/C28H27BrN4O2/c1-19-17-20(29)11-12-24(19)31-28(34)23-18-30-27(22-8-4-3-7-21(22)23)33-15-13-32(14-16-33)25-9-5-6-10-26(25)35-2/h3-12,17-18H,13-16H2,1-2H3,(H,31,34). The zero-order valence-electron chi connectivity index (χ0n) is 19.8. The summed E-state index contributed by atoms with van der Waals surface area (Å²) in [7, 11) is 1.71. The first-order chi connectivity index (χ1) is 17.0. The summed E-state index contributed by atoms with van der Waals surface area (Å²) in [4.78, 5) is 22.6. The Morgan fingerprint density at radius 3 is 2.37 bits per heavy atom. The third-order valence-corrected chi connectivity index (χ3v) is 6.95. The van der Waals surface area contributed by atoms with Crippen molar-refractivity contribution in [2.45, 2.75) is 6.92 Å². The monoisotopic (exact) mass is 530 g/mol. The number of nitrogens with zero attached hydrogens (tertiary/aromatic N) is 3. The number of rotatable bonds is 5. The van der Waals surface area contributed by atoms with Gasteiger partial charge in [0.15, 0.2) is 0 Å². The lowest BCUT2D eigenvalue weighted by Gasteiger charge is -2.37. The zero-order chi connectivity index (χ0) is 24.4. The van der Waals surface area contributed by atoms with Crippen molar-refractivity contribution in [1.82, 2.24) is 4.98 Å². The van der Waals surface area contributed by atoms with Crippen LogP contribution in [0.1, 0.15) is 15.9 Å². The quantitative estimate of drug-likeness (QED) is 0.348. The first-order valence-corrected chi connectivity index (χ1v) is 12.4.